The zero-order chi connectivity index (χ0) is 15.5. The van der Waals surface area contributed by atoms with Crippen molar-refractivity contribution in [2.75, 3.05) is 11.8 Å². The normalized spacial score (nSPS) is 11.7. The van der Waals surface area contributed by atoms with Gasteiger partial charge in [0.2, 0.25) is 0 Å². The average molecular weight is 362 g/mol. The van der Waals surface area contributed by atoms with Crippen LogP contribution in [0.3, 0.4) is 0 Å². The quantitative estimate of drug-likeness (QED) is 0.551. The minimum Gasteiger partial charge on any atom is -0.126 e. The third kappa shape index (κ3) is 3.68. The SMILES string of the molecule is Cc1ccccc1C(CCl)(CCl)Cc1cc(Cl)ccc1Cl. The number of aryl methyl sites for hydroxylation is 1. The topological polar surface area (TPSA) is 0 Å². The molecule has 0 N–H and O–H groups in total. The summed E-state index contributed by atoms with van der Waals surface area (Å²) in [5, 5.41) is 1.35. The molecule has 0 unspecified atom stereocenters. The Morgan fingerprint density at radius 2 is 1.62 bits per heavy atom. The summed E-state index contributed by atoms with van der Waals surface area (Å²) < 4.78 is 0. The molecule has 0 spiro atoms. The first-order chi connectivity index (χ1) is 10.0. The summed E-state index contributed by atoms with van der Waals surface area (Å²) in [6.45, 7) is 2.07. The molecule has 0 aliphatic heterocycles. The van der Waals surface area contributed by atoms with Gasteiger partial charge >= 0.3 is 0 Å². The molecule has 2 rings (SSSR count). The van der Waals surface area contributed by atoms with Gasteiger partial charge in [-0.2, -0.15) is 0 Å². The van der Waals surface area contributed by atoms with E-state index >= 15 is 0 Å². The van der Waals surface area contributed by atoms with Gasteiger partial charge in [-0.3, -0.25) is 0 Å². The predicted molar refractivity (Wildman–Crippen MR) is 94.5 cm³/mol. The standard InChI is InChI=1S/C17H16Cl4/c1-12-4-2-3-5-15(12)17(10-18,11-19)9-13-8-14(20)6-7-16(13)21/h2-8H,9-11H2,1H3. The predicted octanol–water partition coefficient (Wildman–Crippen LogP) is 6.26. The number of benzene rings is 2. The maximum atomic E-state index is 6.31. The van der Waals surface area contributed by atoms with Gasteiger partial charge in [0.25, 0.3) is 0 Å². The van der Waals surface area contributed by atoms with Crippen LogP contribution in [-0.2, 0) is 11.8 Å². The monoisotopic (exact) mass is 360 g/mol. The molecule has 0 aromatic heterocycles. The van der Waals surface area contributed by atoms with Crippen molar-refractivity contribution in [2.45, 2.75) is 18.8 Å². The van der Waals surface area contributed by atoms with Crippen LogP contribution in [0.15, 0.2) is 42.5 Å². The van der Waals surface area contributed by atoms with Gasteiger partial charge in [-0.25, -0.2) is 0 Å². The highest BCUT2D eigenvalue weighted by Gasteiger charge is 2.33. The van der Waals surface area contributed by atoms with Crippen LogP contribution in [0.5, 0.6) is 0 Å². The van der Waals surface area contributed by atoms with Crippen molar-refractivity contribution < 1.29 is 0 Å². The molecule has 2 aromatic carbocycles. The molecule has 0 aliphatic carbocycles. The molecule has 0 saturated heterocycles. The van der Waals surface area contributed by atoms with Gasteiger partial charge in [0, 0.05) is 27.2 Å². The van der Waals surface area contributed by atoms with Crippen molar-refractivity contribution in [1.29, 1.82) is 0 Å². The van der Waals surface area contributed by atoms with E-state index in [1.165, 1.54) is 5.56 Å². The van der Waals surface area contributed by atoms with Crippen LogP contribution in [0.25, 0.3) is 0 Å². The second kappa shape index (κ2) is 7.24. The third-order valence-electron chi connectivity index (χ3n) is 3.76. The van der Waals surface area contributed by atoms with E-state index in [2.05, 4.69) is 19.1 Å². The molecule has 0 heterocycles. The summed E-state index contributed by atoms with van der Waals surface area (Å²) in [5.41, 5.74) is 2.94. The van der Waals surface area contributed by atoms with Crippen molar-refractivity contribution in [3.8, 4) is 0 Å². The fraction of sp³-hybridized carbons (Fsp3) is 0.294. The second-order valence-corrected chi connectivity index (χ2v) is 6.65. The lowest BCUT2D eigenvalue weighted by Crippen LogP contribution is -2.34. The second-order valence-electron chi connectivity index (χ2n) is 5.28. The van der Waals surface area contributed by atoms with Gasteiger partial charge in [-0.05, 0) is 48.2 Å². The van der Waals surface area contributed by atoms with Crippen LogP contribution >= 0.6 is 46.4 Å². The van der Waals surface area contributed by atoms with E-state index in [0.29, 0.717) is 28.2 Å². The third-order valence-corrected chi connectivity index (χ3v) is 5.39. The Labute approximate surface area is 146 Å². The fourth-order valence-corrected chi connectivity index (χ4v) is 3.72. The van der Waals surface area contributed by atoms with Gasteiger partial charge in [0.05, 0.1) is 0 Å². The average Bonchev–Trinajstić information content (AvgIpc) is 2.49. The highest BCUT2D eigenvalue weighted by molar-refractivity contribution is 6.33. The van der Waals surface area contributed by atoms with Gasteiger partial charge in [0.15, 0.2) is 0 Å². The summed E-state index contributed by atoms with van der Waals surface area (Å²) in [6.07, 6.45) is 0.657. The molecular weight excluding hydrogens is 346 g/mol. The van der Waals surface area contributed by atoms with Gasteiger partial charge < -0.3 is 0 Å². The van der Waals surface area contributed by atoms with Gasteiger partial charge in [0.1, 0.15) is 0 Å². The first-order valence-electron chi connectivity index (χ1n) is 6.64. The Morgan fingerprint density at radius 1 is 0.952 bits per heavy atom. The Kier molecular flexibility index (Phi) is 5.85. The molecule has 0 bridgehead atoms. The summed E-state index contributed by atoms with van der Waals surface area (Å²) in [4.78, 5) is 0. The molecule has 0 saturated carbocycles. The van der Waals surface area contributed by atoms with Crippen molar-refractivity contribution in [3.05, 3.63) is 69.2 Å². The minimum absolute atomic E-state index is 0.358. The Morgan fingerprint density at radius 3 is 2.24 bits per heavy atom. The Balaban J connectivity index is 2.48. The summed E-state index contributed by atoms with van der Waals surface area (Å²) >= 11 is 25.0. The van der Waals surface area contributed by atoms with Gasteiger partial charge in [-0.15, -0.1) is 23.2 Å². The zero-order valence-electron chi connectivity index (χ0n) is 11.7. The summed E-state index contributed by atoms with van der Waals surface area (Å²) in [6, 6.07) is 13.7. The van der Waals surface area contributed by atoms with E-state index in [9.17, 15) is 0 Å². The smallest absolute Gasteiger partial charge is 0.0439 e. The minimum atomic E-state index is -0.358. The maximum Gasteiger partial charge on any atom is 0.0439 e. The van der Waals surface area contributed by atoms with Crippen molar-refractivity contribution >= 4 is 46.4 Å². The van der Waals surface area contributed by atoms with Crippen LogP contribution in [0.1, 0.15) is 16.7 Å². The van der Waals surface area contributed by atoms with Crippen LogP contribution < -0.4 is 0 Å². The van der Waals surface area contributed by atoms with E-state index < -0.39 is 0 Å². The lowest BCUT2D eigenvalue weighted by molar-refractivity contribution is 0.533. The van der Waals surface area contributed by atoms with Gasteiger partial charge in [-0.1, -0.05) is 47.5 Å². The van der Waals surface area contributed by atoms with E-state index in [-0.39, 0.29) is 5.41 Å². The van der Waals surface area contributed by atoms with E-state index in [1.807, 2.05) is 24.3 Å². The number of rotatable bonds is 5. The number of hydrogen-bond acceptors (Lipinski definition) is 0. The lowest BCUT2D eigenvalue weighted by Gasteiger charge is -2.32. The molecule has 0 amide bonds. The van der Waals surface area contributed by atoms with Crippen molar-refractivity contribution in [3.63, 3.8) is 0 Å². The number of hydrogen-bond donors (Lipinski definition) is 0. The number of halogens is 4. The summed E-state index contributed by atoms with van der Waals surface area (Å²) in [7, 11) is 0. The summed E-state index contributed by atoms with van der Waals surface area (Å²) in [5.74, 6) is 0.842. The van der Waals surface area contributed by atoms with Crippen LogP contribution in [0.2, 0.25) is 10.0 Å². The molecule has 0 nitrogen and oxygen atoms in total. The molecule has 2 aromatic rings. The molecule has 4 heteroatoms. The first-order valence-corrected chi connectivity index (χ1v) is 8.47. The van der Waals surface area contributed by atoms with Crippen LogP contribution in [0, 0.1) is 6.92 Å². The van der Waals surface area contributed by atoms with E-state index in [1.54, 1.807) is 6.07 Å². The van der Waals surface area contributed by atoms with Crippen molar-refractivity contribution in [1.82, 2.24) is 0 Å². The lowest BCUT2D eigenvalue weighted by atomic mass is 9.77. The fourth-order valence-electron chi connectivity index (χ4n) is 2.58. The molecule has 0 aliphatic rings. The molecule has 21 heavy (non-hydrogen) atoms. The molecule has 0 atom stereocenters. The first kappa shape index (κ1) is 17.0. The molecule has 112 valence electrons. The largest absolute Gasteiger partial charge is 0.126 e. The zero-order valence-corrected chi connectivity index (χ0v) is 14.7. The molecule has 0 fully saturated rings. The van der Waals surface area contributed by atoms with E-state index in [0.717, 1.165) is 11.1 Å². The van der Waals surface area contributed by atoms with Crippen LogP contribution in [0.4, 0.5) is 0 Å². The Bertz CT molecular complexity index is 618. The van der Waals surface area contributed by atoms with E-state index in [4.69, 9.17) is 46.4 Å². The maximum absolute atomic E-state index is 6.31. The highest BCUT2D eigenvalue weighted by Crippen LogP contribution is 2.36. The Hall–Kier alpha value is -0.400. The number of alkyl halides is 2. The van der Waals surface area contributed by atoms with Crippen molar-refractivity contribution in [2.24, 2.45) is 0 Å². The molecular formula is C17H16Cl4. The van der Waals surface area contributed by atoms with Crippen LogP contribution in [-0.4, -0.2) is 11.8 Å². The molecule has 0 radical (unpaired) electrons. The highest BCUT2D eigenvalue weighted by atomic mass is 35.5.